The molecule has 0 bridgehead atoms. The zero-order valence-electron chi connectivity index (χ0n) is 20.5. The van der Waals surface area contributed by atoms with Gasteiger partial charge in [-0.3, -0.25) is 4.79 Å². The van der Waals surface area contributed by atoms with Crippen LogP contribution in [0, 0.1) is 41.7 Å². The number of carbonyl (C=O) groups excluding carboxylic acids is 1. The largest absolute Gasteiger partial charge is 0.293 e. The molecular weight excluding hydrogens is 470 g/mol. The molecule has 2 aromatic heterocycles. The maximum atomic E-state index is 15.1. The van der Waals surface area contributed by atoms with Crippen molar-refractivity contribution in [3.8, 4) is 28.7 Å². The topological polar surface area (TPSA) is 79.5 Å². The van der Waals surface area contributed by atoms with Gasteiger partial charge in [-0.15, -0.1) is 0 Å². The molecule has 0 unspecified atom stereocenters. The molecule has 2 aliphatic carbocycles. The van der Waals surface area contributed by atoms with Crippen LogP contribution in [0.1, 0.15) is 30.8 Å². The van der Waals surface area contributed by atoms with Gasteiger partial charge in [0.05, 0.1) is 17.0 Å². The number of carbonyl (C=O) groups is 1. The van der Waals surface area contributed by atoms with Crippen molar-refractivity contribution < 1.29 is 13.6 Å². The molecule has 0 saturated carbocycles. The van der Waals surface area contributed by atoms with E-state index in [1.54, 1.807) is 49.4 Å². The van der Waals surface area contributed by atoms with Gasteiger partial charge < -0.3 is 0 Å². The second kappa shape index (κ2) is 8.10. The van der Waals surface area contributed by atoms with E-state index in [1.165, 1.54) is 12.1 Å². The molecular formula is C30H22F2N4O. The number of benzene rings is 2. The third kappa shape index (κ3) is 3.32. The van der Waals surface area contributed by atoms with E-state index in [2.05, 4.69) is 11.1 Å². The molecule has 2 aromatic carbocycles. The summed E-state index contributed by atoms with van der Waals surface area (Å²) in [7, 11) is 0. The molecule has 0 N–H and O–H groups in total. The first-order valence-corrected chi connectivity index (χ1v) is 12.1. The minimum absolute atomic E-state index is 0.110. The normalized spacial score (nSPS) is 22.4. The lowest BCUT2D eigenvalue weighted by Gasteiger charge is -2.36. The highest BCUT2D eigenvalue weighted by Gasteiger charge is 2.52. The molecule has 7 heteroatoms. The summed E-state index contributed by atoms with van der Waals surface area (Å²) in [6.45, 7) is 5.58. The molecule has 4 aromatic rings. The summed E-state index contributed by atoms with van der Waals surface area (Å²) in [6, 6.07) is 15.0. The maximum Gasteiger partial charge on any atom is 0.176 e. The molecule has 2 heterocycles. The van der Waals surface area contributed by atoms with Crippen LogP contribution in [-0.4, -0.2) is 20.7 Å². The summed E-state index contributed by atoms with van der Waals surface area (Å²) in [4.78, 5) is 27.1. The molecule has 3 atom stereocenters. The Bertz CT molecular complexity index is 1720. The van der Waals surface area contributed by atoms with Crippen LogP contribution in [-0.2, 0) is 16.6 Å². The standard InChI is InChI=1S/C30H22F2N4O/c1-15-11-20(18-8-6-10-24(32)26(18)34-15)29-35-25(19-7-4-5-9-23(19)31)21-12-22-16(2)27(37)17(14-33)13-30(22,3)28(21)36-29/h4-11,13,16,22H,12H2,1-3H3/t16-,22-,30-/m1/s1. The molecule has 0 spiro atoms. The number of hydrogen-bond acceptors (Lipinski definition) is 5. The predicted octanol–water partition coefficient (Wildman–Crippen LogP) is 6.04. The number of aryl methyl sites for hydroxylation is 1. The fraction of sp³-hybridized carbons (Fsp3) is 0.233. The average molecular weight is 493 g/mol. The number of hydrogen-bond donors (Lipinski definition) is 0. The first-order valence-electron chi connectivity index (χ1n) is 12.1. The number of pyridine rings is 1. The Morgan fingerprint density at radius 2 is 1.78 bits per heavy atom. The van der Waals surface area contributed by atoms with Crippen molar-refractivity contribution in [2.75, 3.05) is 0 Å². The maximum absolute atomic E-state index is 15.1. The summed E-state index contributed by atoms with van der Waals surface area (Å²) in [5.74, 6) is -1.31. The first-order chi connectivity index (χ1) is 17.7. The van der Waals surface area contributed by atoms with Gasteiger partial charge in [-0.1, -0.05) is 44.2 Å². The van der Waals surface area contributed by atoms with Crippen molar-refractivity contribution in [2.24, 2.45) is 11.8 Å². The number of nitriles is 1. The van der Waals surface area contributed by atoms with Crippen molar-refractivity contribution >= 4 is 16.7 Å². The second-order valence-electron chi connectivity index (χ2n) is 10.1. The molecule has 2 aliphatic rings. The summed E-state index contributed by atoms with van der Waals surface area (Å²) < 4.78 is 29.8. The quantitative estimate of drug-likeness (QED) is 0.341. The number of nitrogens with zero attached hydrogens (tertiary/aromatic N) is 4. The van der Waals surface area contributed by atoms with Crippen LogP contribution in [0.5, 0.6) is 0 Å². The highest BCUT2D eigenvalue weighted by Crippen LogP contribution is 2.53. The molecule has 0 saturated heterocycles. The van der Waals surface area contributed by atoms with Crippen LogP contribution >= 0.6 is 0 Å². The highest BCUT2D eigenvalue weighted by atomic mass is 19.1. The summed E-state index contributed by atoms with van der Waals surface area (Å²) in [6.07, 6.45) is 2.19. The number of halogens is 2. The minimum atomic E-state index is -0.728. The zero-order valence-corrected chi connectivity index (χ0v) is 20.5. The zero-order chi connectivity index (χ0) is 26.1. The van der Waals surface area contributed by atoms with Crippen LogP contribution in [0.15, 0.2) is 60.2 Å². The van der Waals surface area contributed by atoms with Crippen molar-refractivity contribution in [1.82, 2.24) is 15.0 Å². The first kappa shape index (κ1) is 23.1. The van der Waals surface area contributed by atoms with Crippen molar-refractivity contribution in [3.05, 3.63) is 88.8 Å². The lowest BCUT2D eigenvalue weighted by molar-refractivity contribution is -0.121. The predicted molar refractivity (Wildman–Crippen MR) is 135 cm³/mol. The van der Waals surface area contributed by atoms with E-state index < -0.39 is 23.0 Å². The van der Waals surface area contributed by atoms with Gasteiger partial charge >= 0.3 is 0 Å². The van der Waals surface area contributed by atoms with Crippen molar-refractivity contribution in [1.29, 1.82) is 5.26 Å². The monoisotopic (exact) mass is 492 g/mol. The molecule has 0 amide bonds. The van der Waals surface area contributed by atoms with Gasteiger partial charge in [0.2, 0.25) is 0 Å². The van der Waals surface area contributed by atoms with Crippen molar-refractivity contribution in [2.45, 2.75) is 32.6 Å². The Morgan fingerprint density at radius 1 is 1.03 bits per heavy atom. The lowest BCUT2D eigenvalue weighted by atomic mass is 9.65. The molecule has 5 nitrogen and oxygen atoms in total. The van der Waals surface area contributed by atoms with E-state index in [0.717, 1.165) is 5.56 Å². The number of para-hydroxylation sites is 1. The Balaban J connectivity index is 1.71. The summed E-state index contributed by atoms with van der Waals surface area (Å²) in [5.41, 5.74) is 2.96. The van der Waals surface area contributed by atoms with Gasteiger partial charge in [0, 0.05) is 39.1 Å². The van der Waals surface area contributed by atoms with Gasteiger partial charge in [-0.2, -0.15) is 5.26 Å². The Labute approximate surface area is 212 Å². The number of rotatable bonds is 2. The van der Waals surface area contributed by atoms with Gasteiger partial charge in [0.15, 0.2) is 11.6 Å². The smallest absolute Gasteiger partial charge is 0.176 e. The number of Topliss-reactive ketones (excluding diaryl/α,β-unsaturated/α-hetero) is 1. The Kier molecular flexibility index (Phi) is 5.06. The van der Waals surface area contributed by atoms with E-state index >= 15 is 4.39 Å². The van der Waals surface area contributed by atoms with Crippen LogP contribution in [0.3, 0.4) is 0 Å². The van der Waals surface area contributed by atoms with E-state index in [0.29, 0.717) is 45.8 Å². The van der Waals surface area contributed by atoms with Gasteiger partial charge in [0.1, 0.15) is 23.2 Å². The van der Waals surface area contributed by atoms with E-state index in [-0.39, 0.29) is 22.8 Å². The molecule has 6 rings (SSSR count). The fourth-order valence-electron chi connectivity index (χ4n) is 6.01. The third-order valence-corrected chi connectivity index (χ3v) is 7.85. The van der Waals surface area contributed by atoms with Crippen LogP contribution < -0.4 is 0 Å². The van der Waals surface area contributed by atoms with E-state index in [1.807, 2.05) is 13.8 Å². The third-order valence-electron chi connectivity index (χ3n) is 7.85. The van der Waals surface area contributed by atoms with Gasteiger partial charge in [-0.05, 0) is 43.5 Å². The molecule has 182 valence electrons. The second-order valence-corrected chi connectivity index (χ2v) is 10.1. The SMILES string of the molecule is Cc1cc(-c2nc(-c3ccccc3F)c3c(n2)[C@]2(C)C=C(C#N)C(=O)[C@H](C)[C@H]2C3)c2cccc(F)c2n1. The van der Waals surface area contributed by atoms with E-state index in [9.17, 15) is 14.4 Å². The fourth-order valence-corrected chi connectivity index (χ4v) is 6.01. The lowest BCUT2D eigenvalue weighted by Crippen LogP contribution is -2.40. The highest BCUT2D eigenvalue weighted by molar-refractivity contribution is 6.02. The molecule has 0 aliphatic heterocycles. The van der Waals surface area contributed by atoms with Crippen LogP contribution in [0.2, 0.25) is 0 Å². The minimum Gasteiger partial charge on any atom is -0.293 e. The van der Waals surface area contributed by atoms with Crippen LogP contribution in [0.25, 0.3) is 33.5 Å². The van der Waals surface area contributed by atoms with Crippen molar-refractivity contribution in [3.63, 3.8) is 0 Å². The molecule has 37 heavy (non-hydrogen) atoms. The van der Waals surface area contributed by atoms with Crippen LogP contribution in [0.4, 0.5) is 8.78 Å². The summed E-state index contributed by atoms with van der Waals surface area (Å²) in [5, 5.41) is 10.2. The van der Waals surface area contributed by atoms with Gasteiger partial charge in [-0.25, -0.2) is 23.7 Å². The Hall–Kier alpha value is -4.31. The Morgan fingerprint density at radius 3 is 2.54 bits per heavy atom. The van der Waals surface area contributed by atoms with E-state index in [4.69, 9.17) is 9.97 Å². The average Bonchev–Trinajstić information content (AvgIpc) is 3.19. The number of aromatic nitrogens is 3. The number of ketones is 1. The van der Waals surface area contributed by atoms with Gasteiger partial charge in [0.25, 0.3) is 0 Å². The number of allylic oxidation sites excluding steroid dienone is 2. The summed E-state index contributed by atoms with van der Waals surface area (Å²) >= 11 is 0. The molecule has 0 fully saturated rings. The molecule has 0 radical (unpaired) electrons. The number of fused-ring (bicyclic) bond motifs is 4.